The minimum absolute atomic E-state index is 0.0181. The maximum atomic E-state index is 13.1. The van der Waals surface area contributed by atoms with Gasteiger partial charge in [-0.15, -0.1) is 0 Å². The number of nitrogens with zero attached hydrogens (tertiary/aromatic N) is 2. The zero-order chi connectivity index (χ0) is 19.6. The number of amides is 4. The van der Waals surface area contributed by atoms with Crippen molar-refractivity contribution in [3.8, 4) is 0 Å². The van der Waals surface area contributed by atoms with Gasteiger partial charge in [0.15, 0.2) is 0 Å². The number of carbonyl (C=O) groups excluding carboxylic acids is 3. The van der Waals surface area contributed by atoms with E-state index >= 15 is 0 Å². The number of halogens is 1. The van der Waals surface area contributed by atoms with Crippen molar-refractivity contribution in [3.63, 3.8) is 0 Å². The highest BCUT2D eigenvalue weighted by Gasteiger charge is 2.51. The third kappa shape index (κ3) is 3.56. The normalized spacial score (nSPS) is 20.1. The fourth-order valence-corrected chi connectivity index (χ4v) is 3.66. The summed E-state index contributed by atoms with van der Waals surface area (Å²) in [7, 11) is 0. The van der Waals surface area contributed by atoms with Crippen molar-refractivity contribution < 1.29 is 14.4 Å². The lowest BCUT2D eigenvalue weighted by atomic mass is 9.87. The van der Waals surface area contributed by atoms with Crippen molar-refractivity contribution >= 4 is 29.4 Å². The number of urea groups is 1. The molecule has 1 aromatic rings. The third-order valence-corrected chi connectivity index (χ3v) is 4.99. The van der Waals surface area contributed by atoms with Gasteiger partial charge in [0.05, 0.1) is 0 Å². The number of imide groups is 1. The summed E-state index contributed by atoms with van der Waals surface area (Å²) in [5.74, 6) is -0.658. The Bertz CT molecular complexity index is 694. The van der Waals surface area contributed by atoms with Gasteiger partial charge in [-0.1, -0.05) is 30.7 Å². The minimum atomic E-state index is -1.16. The predicted octanol–water partition coefficient (Wildman–Crippen LogP) is 3.14. The van der Waals surface area contributed by atoms with Crippen molar-refractivity contribution in [2.75, 3.05) is 6.54 Å². The van der Waals surface area contributed by atoms with E-state index in [1.807, 2.05) is 34.6 Å². The molecule has 0 aromatic heterocycles. The maximum Gasteiger partial charge on any atom is 0.325 e. The van der Waals surface area contributed by atoms with Gasteiger partial charge in [0.25, 0.3) is 5.91 Å². The van der Waals surface area contributed by atoms with Crippen molar-refractivity contribution in [1.82, 2.24) is 15.1 Å². The third-order valence-electron chi connectivity index (χ3n) is 4.74. The first-order valence-electron chi connectivity index (χ1n) is 8.85. The van der Waals surface area contributed by atoms with Crippen LogP contribution in [0.1, 0.15) is 46.6 Å². The molecule has 0 radical (unpaired) electrons. The van der Waals surface area contributed by atoms with Crippen molar-refractivity contribution in [3.05, 3.63) is 34.9 Å². The molecule has 1 atom stereocenters. The van der Waals surface area contributed by atoms with Gasteiger partial charge in [0.1, 0.15) is 12.1 Å². The monoisotopic (exact) mass is 379 g/mol. The second-order valence-electron chi connectivity index (χ2n) is 7.08. The van der Waals surface area contributed by atoms with E-state index in [-0.39, 0.29) is 24.5 Å². The van der Waals surface area contributed by atoms with Crippen LogP contribution >= 0.6 is 11.6 Å². The Labute approximate surface area is 159 Å². The summed E-state index contributed by atoms with van der Waals surface area (Å²) < 4.78 is 0. The molecule has 1 aliphatic rings. The van der Waals surface area contributed by atoms with E-state index in [1.165, 1.54) is 0 Å². The summed E-state index contributed by atoms with van der Waals surface area (Å²) in [5, 5.41) is 3.33. The lowest BCUT2D eigenvalue weighted by Gasteiger charge is -2.32. The molecule has 1 heterocycles. The number of nitrogens with one attached hydrogen (secondary N) is 1. The molecule has 4 amide bonds. The van der Waals surface area contributed by atoms with Crippen LogP contribution in [-0.2, 0) is 15.1 Å². The number of carbonyl (C=O) groups is 3. The van der Waals surface area contributed by atoms with Crippen molar-refractivity contribution in [1.29, 1.82) is 0 Å². The SMILES string of the molecule is CC[C@]1(c2ccc(Cl)cc2)NC(=O)N(CC(=O)N(C(C)C)C(C)C)C1=O. The van der Waals surface area contributed by atoms with Crippen LogP contribution in [0.2, 0.25) is 5.02 Å². The molecule has 1 aliphatic heterocycles. The van der Waals surface area contributed by atoms with Gasteiger partial charge in [-0.3, -0.25) is 14.5 Å². The highest BCUT2D eigenvalue weighted by Crippen LogP contribution is 2.33. The van der Waals surface area contributed by atoms with Crippen LogP contribution in [0.5, 0.6) is 0 Å². The molecular formula is C19H26ClN3O3. The molecule has 142 valence electrons. The van der Waals surface area contributed by atoms with Gasteiger partial charge in [-0.25, -0.2) is 4.79 Å². The van der Waals surface area contributed by atoms with Gasteiger partial charge in [-0.05, 0) is 51.8 Å². The minimum Gasteiger partial charge on any atom is -0.336 e. The van der Waals surface area contributed by atoms with Crippen LogP contribution in [-0.4, -0.2) is 46.3 Å². The van der Waals surface area contributed by atoms with Crippen molar-refractivity contribution in [2.45, 2.75) is 58.7 Å². The quantitative estimate of drug-likeness (QED) is 0.772. The first-order chi connectivity index (χ1) is 12.1. The van der Waals surface area contributed by atoms with E-state index in [1.54, 1.807) is 29.2 Å². The summed E-state index contributed by atoms with van der Waals surface area (Å²) in [6, 6.07) is 6.23. The van der Waals surface area contributed by atoms with Gasteiger partial charge in [0, 0.05) is 17.1 Å². The smallest absolute Gasteiger partial charge is 0.325 e. The van der Waals surface area contributed by atoms with E-state index < -0.39 is 17.5 Å². The first-order valence-corrected chi connectivity index (χ1v) is 9.23. The number of rotatable bonds is 6. The van der Waals surface area contributed by atoms with Gasteiger partial charge in [0.2, 0.25) is 5.91 Å². The molecule has 1 fully saturated rings. The Balaban J connectivity index is 2.30. The average Bonchev–Trinajstić information content (AvgIpc) is 2.80. The Morgan fingerprint density at radius 3 is 2.15 bits per heavy atom. The van der Waals surface area contributed by atoms with Crippen LogP contribution in [0.3, 0.4) is 0 Å². The molecule has 7 heteroatoms. The number of hydrogen-bond acceptors (Lipinski definition) is 3. The summed E-state index contributed by atoms with van der Waals surface area (Å²) in [6.45, 7) is 9.20. The van der Waals surface area contributed by atoms with Crippen LogP contribution in [0.25, 0.3) is 0 Å². The molecule has 6 nitrogen and oxygen atoms in total. The standard InChI is InChI=1S/C19H26ClN3O3/c1-6-19(14-7-9-15(20)10-8-14)17(25)22(18(26)21-19)11-16(24)23(12(2)3)13(4)5/h7-10,12-13H,6,11H2,1-5H3,(H,21,26)/t19-/m1/s1. The number of benzene rings is 1. The first kappa shape index (κ1) is 20.2. The van der Waals surface area contributed by atoms with Crippen molar-refractivity contribution in [2.24, 2.45) is 0 Å². The molecule has 1 aromatic carbocycles. The van der Waals surface area contributed by atoms with E-state index in [0.29, 0.717) is 17.0 Å². The predicted molar refractivity (Wildman–Crippen MR) is 101 cm³/mol. The molecule has 0 spiro atoms. The Morgan fingerprint density at radius 1 is 1.15 bits per heavy atom. The van der Waals surface area contributed by atoms with E-state index in [4.69, 9.17) is 11.6 Å². The summed E-state index contributed by atoms with van der Waals surface area (Å²) in [5.41, 5.74) is -0.509. The molecule has 0 unspecified atom stereocenters. The molecule has 1 N–H and O–H groups in total. The fraction of sp³-hybridized carbons (Fsp3) is 0.526. The lowest BCUT2D eigenvalue weighted by molar-refractivity contribution is -0.141. The fourth-order valence-electron chi connectivity index (χ4n) is 3.53. The molecular weight excluding hydrogens is 354 g/mol. The van der Waals surface area contributed by atoms with E-state index in [0.717, 1.165) is 4.90 Å². The van der Waals surface area contributed by atoms with Gasteiger partial charge in [-0.2, -0.15) is 0 Å². The number of hydrogen-bond donors (Lipinski definition) is 1. The Hall–Kier alpha value is -2.08. The van der Waals surface area contributed by atoms with Crippen LogP contribution in [0.15, 0.2) is 24.3 Å². The highest BCUT2D eigenvalue weighted by atomic mass is 35.5. The zero-order valence-electron chi connectivity index (χ0n) is 15.9. The molecule has 0 bridgehead atoms. The van der Waals surface area contributed by atoms with E-state index in [9.17, 15) is 14.4 Å². The van der Waals surface area contributed by atoms with Crippen LogP contribution in [0, 0.1) is 0 Å². The lowest BCUT2D eigenvalue weighted by Crippen LogP contribution is -2.49. The highest BCUT2D eigenvalue weighted by molar-refractivity contribution is 6.30. The summed E-state index contributed by atoms with van der Waals surface area (Å²) >= 11 is 5.93. The maximum absolute atomic E-state index is 13.1. The molecule has 26 heavy (non-hydrogen) atoms. The Kier molecular flexibility index (Phi) is 5.96. The van der Waals surface area contributed by atoms with Crippen LogP contribution < -0.4 is 5.32 Å². The Morgan fingerprint density at radius 2 is 1.69 bits per heavy atom. The second-order valence-corrected chi connectivity index (χ2v) is 7.51. The van der Waals surface area contributed by atoms with Gasteiger partial charge < -0.3 is 10.2 Å². The topological polar surface area (TPSA) is 69.7 Å². The molecule has 2 rings (SSSR count). The average molecular weight is 380 g/mol. The molecule has 0 saturated carbocycles. The second kappa shape index (κ2) is 7.66. The van der Waals surface area contributed by atoms with Crippen LogP contribution in [0.4, 0.5) is 4.79 Å². The molecule has 0 aliphatic carbocycles. The summed E-state index contributed by atoms with van der Waals surface area (Å²) in [4.78, 5) is 41.0. The zero-order valence-corrected chi connectivity index (χ0v) is 16.6. The summed E-state index contributed by atoms with van der Waals surface area (Å²) in [6.07, 6.45) is 0.377. The molecule has 1 saturated heterocycles. The largest absolute Gasteiger partial charge is 0.336 e. The van der Waals surface area contributed by atoms with E-state index in [2.05, 4.69) is 5.32 Å². The van der Waals surface area contributed by atoms with Gasteiger partial charge >= 0.3 is 6.03 Å².